The van der Waals surface area contributed by atoms with Crippen LogP contribution in [-0.2, 0) is 4.79 Å². The Morgan fingerprint density at radius 2 is 1.92 bits per heavy atom. The Morgan fingerprint density at radius 3 is 2.56 bits per heavy atom. The zero-order valence-corrected chi connectivity index (χ0v) is 14.3. The summed E-state index contributed by atoms with van der Waals surface area (Å²) in [6.07, 6.45) is -0.994. The van der Waals surface area contributed by atoms with Gasteiger partial charge in [0.2, 0.25) is 0 Å². The maximum absolute atomic E-state index is 13.1. The van der Waals surface area contributed by atoms with Crippen molar-refractivity contribution in [3.05, 3.63) is 48.3 Å². The van der Waals surface area contributed by atoms with Crippen LogP contribution in [0.5, 0.6) is 5.75 Å². The number of hydrogen-bond acceptors (Lipinski definition) is 4. The van der Waals surface area contributed by atoms with E-state index in [9.17, 15) is 14.0 Å². The molecule has 0 aromatic heterocycles. The van der Waals surface area contributed by atoms with Gasteiger partial charge in [-0.15, -0.1) is 0 Å². The Bertz CT molecular complexity index is 828. The van der Waals surface area contributed by atoms with E-state index in [0.717, 1.165) is 4.90 Å². The number of benzene rings is 2. The van der Waals surface area contributed by atoms with Crippen molar-refractivity contribution in [3.8, 4) is 5.75 Å². The van der Waals surface area contributed by atoms with Crippen LogP contribution in [0, 0.1) is 5.82 Å². The molecule has 3 rings (SSSR count). The Kier molecular flexibility index (Phi) is 4.54. The molecule has 0 fully saturated rings. The fourth-order valence-electron chi connectivity index (χ4n) is 2.28. The minimum Gasteiger partial charge on any atom is -0.479 e. The number of amides is 2. The average molecular weight is 362 g/mol. The number of carboxylic acid groups (broad SMARTS) is 1. The van der Waals surface area contributed by atoms with Crippen molar-refractivity contribution < 1.29 is 23.8 Å². The smallest absolute Gasteiger partial charge is 0.344 e. The van der Waals surface area contributed by atoms with Crippen molar-refractivity contribution in [2.75, 3.05) is 16.3 Å². The first-order chi connectivity index (χ1) is 11.9. The quantitative estimate of drug-likeness (QED) is 0.839. The van der Waals surface area contributed by atoms with Crippen LogP contribution < -0.4 is 13.9 Å². The molecule has 0 saturated heterocycles. The number of urea groups is 1. The summed E-state index contributed by atoms with van der Waals surface area (Å²) in [5, 5.41) is 8.93. The van der Waals surface area contributed by atoms with Gasteiger partial charge in [-0.2, -0.15) is 0 Å². The zero-order chi connectivity index (χ0) is 18.1. The largest absolute Gasteiger partial charge is 0.479 e. The number of aliphatic carboxylic acids is 1. The monoisotopic (exact) mass is 362 g/mol. The second-order valence-corrected chi connectivity index (χ2v) is 6.42. The number of rotatable bonds is 4. The second kappa shape index (κ2) is 6.64. The van der Waals surface area contributed by atoms with Gasteiger partial charge in [-0.05, 0) is 55.3 Å². The topological polar surface area (TPSA) is 70.1 Å². The van der Waals surface area contributed by atoms with Crippen LogP contribution in [0.15, 0.2) is 47.4 Å². The molecule has 1 atom stereocenters. The third-order valence-corrected chi connectivity index (χ3v) is 4.76. The number of anilines is 2. The lowest BCUT2D eigenvalue weighted by Gasteiger charge is -2.33. The first-order valence-corrected chi connectivity index (χ1v) is 8.19. The van der Waals surface area contributed by atoms with Gasteiger partial charge in [0.1, 0.15) is 11.6 Å². The fourth-order valence-corrected chi connectivity index (χ4v) is 3.32. The predicted octanol–water partition coefficient (Wildman–Crippen LogP) is 3.76. The molecule has 130 valence electrons. The molecular weight excluding hydrogens is 347 g/mol. The molecule has 25 heavy (non-hydrogen) atoms. The number of nitrogens with zero attached hydrogens (tertiary/aromatic N) is 2. The molecule has 2 amide bonds. The predicted molar refractivity (Wildman–Crippen MR) is 92.7 cm³/mol. The standard InChI is InChI=1S/C17H15FN2O4S/c1-10(16(21)22)24-13-7-8-15-14(9-13)19(2)17(23)20(25-15)12-5-3-11(18)4-6-12/h3-10H,1-2H3,(H,21,22)/t10-/m1/s1. The maximum Gasteiger partial charge on any atom is 0.344 e. The third kappa shape index (κ3) is 3.39. The second-order valence-electron chi connectivity index (χ2n) is 5.43. The maximum atomic E-state index is 13.1. The van der Waals surface area contributed by atoms with E-state index in [1.807, 2.05) is 0 Å². The van der Waals surface area contributed by atoms with Gasteiger partial charge in [0.25, 0.3) is 0 Å². The molecule has 1 heterocycles. The van der Waals surface area contributed by atoms with Crippen LogP contribution in [0.25, 0.3) is 0 Å². The molecule has 8 heteroatoms. The number of carbonyl (C=O) groups excluding carboxylic acids is 1. The van der Waals surface area contributed by atoms with Gasteiger partial charge < -0.3 is 9.84 Å². The Balaban J connectivity index is 1.89. The highest BCUT2D eigenvalue weighted by molar-refractivity contribution is 8.01. The van der Waals surface area contributed by atoms with Gasteiger partial charge in [-0.1, -0.05) is 0 Å². The molecule has 2 aromatic rings. The lowest BCUT2D eigenvalue weighted by molar-refractivity contribution is -0.144. The van der Waals surface area contributed by atoms with Gasteiger partial charge in [0.05, 0.1) is 16.3 Å². The normalized spacial score (nSPS) is 14.9. The summed E-state index contributed by atoms with van der Waals surface area (Å²) in [5.41, 5.74) is 1.18. The number of halogens is 1. The van der Waals surface area contributed by atoms with Crippen molar-refractivity contribution in [2.24, 2.45) is 0 Å². The number of ether oxygens (including phenoxy) is 1. The molecule has 0 radical (unpaired) electrons. The van der Waals surface area contributed by atoms with E-state index in [1.54, 1.807) is 25.2 Å². The number of hydrogen-bond donors (Lipinski definition) is 1. The molecular formula is C17H15FN2O4S. The van der Waals surface area contributed by atoms with E-state index in [4.69, 9.17) is 9.84 Å². The van der Waals surface area contributed by atoms with Crippen LogP contribution in [0.2, 0.25) is 0 Å². The number of fused-ring (bicyclic) bond motifs is 1. The van der Waals surface area contributed by atoms with Gasteiger partial charge in [0, 0.05) is 13.1 Å². The zero-order valence-electron chi connectivity index (χ0n) is 13.5. The summed E-state index contributed by atoms with van der Waals surface area (Å²) < 4.78 is 19.9. The van der Waals surface area contributed by atoms with Crippen molar-refractivity contribution in [2.45, 2.75) is 17.9 Å². The molecule has 1 aliphatic heterocycles. The van der Waals surface area contributed by atoms with E-state index in [1.165, 1.54) is 52.3 Å². The molecule has 0 aliphatic carbocycles. The van der Waals surface area contributed by atoms with E-state index in [-0.39, 0.29) is 11.8 Å². The van der Waals surface area contributed by atoms with Crippen molar-refractivity contribution >= 4 is 35.3 Å². The van der Waals surface area contributed by atoms with Gasteiger partial charge in [-0.3, -0.25) is 4.90 Å². The summed E-state index contributed by atoms with van der Waals surface area (Å²) in [4.78, 5) is 25.8. The van der Waals surface area contributed by atoms with Crippen molar-refractivity contribution in [1.82, 2.24) is 0 Å². The van der Waals surface area contributed by atoms with E-state index < -0.39 is 12.1 Å². The highest BCUT2D eigenvalue weighted by atomic mass is 32.2. The minimum atomic E-state index is -1.07. The highest BCUT2D eigenvalue weighted by Gasteiger charge is 2.30. The molecule has 1 N–H and O–H groups in total. The average Bonchev–Trinajstić information content (AvgIpc) is 2.59. The summed E-state index contributed by atoms with van der Waals surface area (Å²) in [5.74, 6) is -1.08. The third-order valence-electron chi connectivity index (χ3n) is 3.66. The number of carboxylic acids is 1. The molecule has 0 bridgehead atoms. The van der Waals surface area contributed by atoms with Crippen LogP contribution in [0.4, 0.5) is 20.6 Å². The molecule has 6 nitrogen and oxygen atoms in total. The van der Waals surface area contributed by atoms with E-state index in [0.29, 0.717) is 17.1 Å². The molecule has 0 unspecified atom stereocenters. The van der Waals surface area contributed by atoms with Crippen LogP contribution in [0.1, 0.15) is 6.92 Å². The van der Waals surface area contributed by atoms with Crippen LogP contribution >= 0.6 is 11.9 Å². The highest BCUT2D eigenvalue weighted by Crippen LogP contribution is 2.42. The summed E-state index contributed by atoms with van der Waals surface area (Å²) in [7, 11) is 1.61. The van der Waals surface area contributed by atoms with Gasteiger partial charge in [0.15, 0.2) is 6.10 Å². The summed E-state index contributed by atoms with van der Waals surface area (Å²) in [6.45, 7) is 1.43. The first kappa shape index (κ1) is 17.1. The molecule has 0 spiro atoms. The Morgan fingerprint density at radius 1 is 1.24 bits per heavy atom. The van der Waals surface area contributed by atoms with Crippen LogP contribution in [0.3, 0.4) is 0 Å². The Labute approximate surface area is 147 Å². The van der Waals surface area contributed by atoms with E-state index in [2.05, 4.69) is 0 Å². The Hall–Kier alpha value is -2.74. The summed E-state index contributed by atoms with van der Waals surface area (Å²) in [6, 6.07) is 10.4. The first-order valence-electron chi connectivity index (χ1n) is 7.41. The molecule has 2 aromatic carbocycles. The number of carbonyl (C=O) groups is 2. The van der Waals surface area contributed by atoms with Gasteiger partial charge in [-0.25, -0.2) is 18.3 Å². The SMILES string of the molecule is C[C@@H](Oc1ccc2c(c1)N(C)C(=O)N(c1ccc(F)cc1)S2)C(=O)O. The van der Waals surface area contributed by atoms with Crippen LogP contribution in [-0.4, -0.2) is 30.3 Å². The minimum absolute atomic E-state index is 0.299. The van der Waals surface area contributed by atoms with Crippen molar-refractivity contribution in [1.29, 1.82) is 0 Å². The lowest BCUT2D eigenvalue weighted by atomic mass is 10.2. The fraction of sp³-hybridized carbons (Fsp3) is 0.176. The lowest BCUT2D eigenvalue weighted by Crippen LogP contribution is -2.40. The molecule has 0 saturated carbocycles. The van der Waals surface area contributed by atoms with E-state index >= 15 is 0 Å². The van der Waals surface area contributed by atoms with Crippen molar-refractivity contribution in [3.63, 3.8) is 0 Å². The van der Waals surface area contributed by atoms with Gasteiger partial charge >= 0.3 is 12.0 Å². The summed E-state index contributed by atoms with van der Waals surface area (Å²) >= 11 is 1.21. The molecule has 1 aliphatic rings.